The molecule has 2 heterocycles. The second kappa shape index (κ2) is 8.00. The molecule has 3 rings (SSSR count). The van der Waals surface area contributed by atoms with Crippen molar-refractivity contribution in [3.05, 3.63) is 52.6 Å². The van der Waals surface area contributed by atoms with Crippen LogP contribution in [0.4, 0.5) is 5.69 Å². The minimum Gasteiger partial charge on any atom is -0.494 e. The van der Waals surface area contributed by atoms with Gasteiger partial charge in [-0.15, -0.1) is 0 Å². The molecule has 1 fully saturated rings. The molecule has 4 nitrogen and oxygen atoms in total. The summed E-state index contributed by atoms with van der Waals surface area (Å²) in [5.41, 5.74) is 3.33. The van der Waals surface area contributed by atoms with Crippen LogP contribution in [-0.4, -0.2) is 41.5 Å². The van der Waals surface area contributed by atoms with Crippen molar-refractivity contribution >= 4 is 46.0 Å². The van der Waals surface area contributed by atoms with Crippen molar-refractivity contribution in [2.75, 3.05) is 31.6 Å². The Morgan fingerprint density at radius 1 is 1.22 bits per heavy atom. The number of hydrogen-bond acceptors (Lipinski definition) is 5. The van der Waals surface area contributed by atoms with Crippen LogP contribution in [0.1, 0.15) is 26.3 Å². The molecule has 0 aromatic heterocycles. The van der Waals surface area contributed by atoms with Gasteiger partial charge in [0.15, 0.2) is 0 Å². The first-order valence-corrected chi connectivity index (χ1v) is 10.4. The molecule has 0 N–H and O–H groups in total. The van der Waals surface area contributed by atoms with E-state index in [0.717, 1.165) is 29.2 Å². The van der Waals surface area contributed by atoms with E-state index in [1.165, 1.54) is 11.8 Å². The molecule has 1 saturated heterocycles. The van der Waals surface area contributed by atoms with Gasteiger partial charge in [-0.1, -0.05) is 6.08 Å². The number of ether oxygens (including phenoxy) is 1. The third kappa shape index (κ3) is 3.61. The SMILES string of the molecule is CCOc1ccc2c(c1)C=C/C(=C/C=C1/SC(=S)[N+](C)(CC)C1=O)N2CC. The third-order valence-corrected chi connectivity index (χ3v) is 6.72. The standard InChI is InChI=1S/C21H25N2O2S2/c1-5-22-16(9-8-15-14-17(25-7-3)11-12-18(15)22)10-13-19-20(24)23(4,6-2)21(26)27-19/h8-14H,5-7H2,1-4H3/q+1/b16-10-,19-13+. The van der Waals surface area contributed by atoms with Crippen LogP contribution in [0.3, 0.4) is 0 Å². The number of likely N-dealkylation sites (N-methyl/N-ethyl adjacent to an activating group) is 2. The van der Waals surface area contributed by atoms with E-state index in [-0.39, 0.29) is 10.4 Å². The lowest BCUT2D eigenvalue weighted by molar-refractivity contribution is -0.728. The van der Waals surface area contributed by atoms with E-state index in [0.29, 0.717) is 22.4 Å². The predicted octanol–water partition coefficient (Wildman–Crippen LogP) is 4.73. The number of thioether (sulfide) groups is 1. The van der Waals surface area contributed by atoms with Crippen molar-refractivity contribution in [1.82, 2.24) is 0 Å². The summed E-state index contributed by atoms with van der Waals surface area (Å²) in [6, 6.07) is 6.15. The van der Waals surface area contributed by atoms with Gasteiger partial charge >= 0.3 is 5.91 Å². The van der Waals surface area contributed by atoms with E-state index in [1.807, 2.05) is 39.1 Å². The molecule has 1 atom stereocenters. The van der Waals surface area contributed by atoms with Gasteiger partial charge in [0.05, 0.1) is 20.2 Å². The molecule has 0 saturated carbocycles. The highest BCUT2D eigenvalue weighted by Crippen LogP contribution is 2.37. The Balaban J connectivity index is 1.91. The van der Waals surface area contributed by atoms with E-state index in [2.05, 4.69) is 36.1 Å². The summed E-state index contributed by atoms with van der Waals surface area (Å²) in [4.78, 5) is 15.7. The first-order valence-electron chi connectivity index (χ1n) is 9.21. The van der Waals surface area contributed by atoms with Gasteiger partial charge in [-0.2, -0.15) is 0 Å². The molecule has 1 amide bonds. The number of nitrogens with zero attached hydrogens (tertiary/aromatic N) is 2. The monoisotopic (exact) mass is 401 g/mol. The smallest absolute Gasteiger partial charge is 0.358 e. The summed E-state index contributed by atoms with van der Waals surface area (Å²) in [7, 11) is 1.89. The molecule has 1 aromatic carbocycles. The predicted molar refractivity (Wildman–Crippen MR) is 118 cm³/mol. The average molecular weight is 402 g/mol. The van der Waals surface area contributed by atoms with E-state index in [1.54, 1.807) is 0 Å². The first-order chi connectivity index (χ1) is 12.9. The largest absolute Gasteiger partial charge is 0.494 e. The van der Waals surface area contributed by atoms with Crippen LogP contribution in [0.5, 0.6) is 5.75 Å². The minimum absolute atomic E-state index is 0.0777. The zero-order chi connectivity index (χ0) is 19.6. The molecule has 1 aromatic rings. The molecule has 1 unspecified atom stereocenters. The maximum atomic E-state index is 12.7. The highest BCUT2D eigenvalue weighted by atomic mass is 32.2. The zero-order valence-electron chi connectivity index (χ0n) is 16.2. The normalized spacial score (nSPS) is 24.8. The molecule has 0 bridgehead atoms. The van der Waals surface area contributed by atoms with Crippen molar-refractivity contribution in [2.24, 2.45) is 0 Å². The molecular weight excluding hydrogens is 376 g/mol. The molecule has 27 heavy (non-hydrogen) atoms. The van der Waals surface area contributed by atoms with E-state index < -0.39 is 0 Å². The van der Waals surface area contributed by atoms with E-state index in [9.17, 15) is 4.79 Å². The lowest BCUT2D eigenvalue weighted by atomic mass is 10.0. The topological polar surface area (TPSA) is 29.5 Å². The Bertz CT molecular complexity index is 873. The number of thiocarbonyl (C=S) groups is 1. The summed E-state index contributed by atoms with van der Waals surface area (Å²) >= 11 is 6.83. The number of carbonyl (C=O) groups is 1. The number of anilines is 1. The Kier molecular flexibility index (Phi) is 5.89. The third-order valence-electron chi connectivity index (χ3n) is 4.96. The van der Waals surface area contributed by atoms with Gasteiger partial charge in [0.25, 0.3) is 0 Å². The highest BCUT2D eigenvalue weighted by molar-refractivity contribution is 8.26. The number of carbonyl (C=O) groups excluding carboxylic acids is 1. The quantitative estimate of drug-likeness (QED) is 0.404. The van der Waals surface area contributed by atoms with Crippen LogP contribution in [-0.2, 0) is 4.79 Å². The molecular formula is C21H25N2O2S2+. The van der Waals surface area contributed by atoms with Gasteiger partial charge in [-0.3, -0.25) is 0 Å². The fourth-order valence-corrected chi connectivity index (χ4v) is 4.68. The van der Waals surface area contributed by atoms with Gasteiger partial charge < -0.3 is 9.64 Å². The van der Waals surface area contributed by atoms with E-state index >= 15 is 0 Å². The summed E-state index contributed by atoms with van der Waals surface area (Å²) in [5, 5.41) is 0. The Labute approximate surface area is 170 Å². The van der Waals surface area contributed by atoms with Crippen LogP contribution in [0.15, 0.2) is 47.0 Å². The van der Waals surface area contributed by atoms with Crippen molar-refractivity contribution in [3.63, 3.8) is 0 Å². The number of amides is 1. The average Bonchev–Trinajstić information content (AvgIpc) is 2.90. The first kappa shape index (κ1) is 19.9. The Morgan fingerprint density at radius 2 is 2.00 bits per heavy atom. The van der Waals surface area contributed by atoms with Gasteiger partial charge in [0, 0.05) is 23.5 Å². The summed E-state index contributed by atoms with van der Waals surface area (Å²) in [5.74, 6) is 0.957. The van der Waals surface area contributed by atoms with Crippen molar-refractivity contribution in [3.8, 4) is 5.75 Å². The second-order valence-corrected chi connectivity index (χ2v) is 8.21. The Hall–Kier alpha value is -1.89. The fraction of sp³-hybridized carbons (Fsp3) is 0.333. The van der Waals surface area contributed by atoms with Crippen LogP contribution in [0.25, 0.3) is 6.08 Å². The van der Waals surface area contributed by atoms with Crippen molar-refractivity contribution in [1.29, 1.82) is 0 Å². The molecule has 2 aliphatic rings. The maximum absolute atomic E-state index is 12.7. The van der Waals surface area contributed by atoms with Crippen LogP contribution < -0.4 is 9.64 Å². The lowest BCUT2D eigenvalue weighted by Gasteiger charge is -2.29. The van der Waals surface area contributed by atoms with Crippen LogP contribution >= 0.6 is 24.0 Å². The molecule has 2 aliphatic heterocycles. The zero-order valence-corrected chi connectivity index (χ0v) is 17.8. The molecule has 0 radical (unpaired) electrons. The molecule has 0 spiro atoms. The molecule has 142 valence electrons. The second-order valence-electron chi connectivity index (χ2n) is 6.53. The number of benzene rings is 1. The number of fused-ring (bicyclic) bond motifs is 1. The van der Waals surface area contributed by atoms with Gasteiger partial charge in [-0.05, 0) is 81.2 Å². The summed E-state index contributed by atoms with van der Waals surface area (Å²) in [6.45, 7) is 8.26. The van der Waals surface area contributed by atoms with Crippen molar-refractivity contribution < 1.29 is 14.0 Å². The molecule has 0 aliphatic carbocycles. The van der Waals surface area contributed by atoms with Crippen LogP contribution in [0, 0.1) is 0 Å². The van der Waals surface area contributed by atoms with Crippen LogP contribution in [0.2, 0.25) is 0 Å². The van der Waals surface area contributed by atoms with Gasteiger partial charge in [-0.25, -0.2) is 9.28 Å². The maximum Gasteiger partial charge on any atom is 0.358 e. The minimum atomic E-state index is 0.0777. The lowest BCUT2D eigenvalue weighted by Crippen LogP contribution is -2.47. The number of rotatable bonds is 5. The number of hydrogen-bond donors (Lipinski definition) is 0. The number of quaternary nitrogens is 1. The highest BCUT2D eigenvalue weighted by Gasteiger charge is 2.46. The van der Waals surface area contributed by atoms with E-state index in [4.69, 9.17) is 17.0 Å². The van der Waals surface area contributed by atoms with Crippen molar-refractivity contribution in [2.45, 2.75) is 20.8 Å². The Morgan fingerprint density at radius 3 is 2.63 bits per heavy atom. The summed E-state index contributed by atoms with van der Waals surface area (Å²) in [6.07, 6.45) is 8.08. The molecule has 6 heteroatoms. The number of allylic oxidation sites excluding steroid dienone is 3. The summed E-state index contributed by atoms with van der Waals surface area (Å²) < 4.78 is 6.52. The van der Waals surface area contributed by atoms with Gasteiger partial charge in [0.1, 0.15) is 10.7 Å². The van der Waals surface area contributed by atoms with Gasteiger partial charge in [0.2, 0.25) is 4.32 Å². The fourth-order valence-electron chi connectivity index (χ4n) is 3.17.